The SMILES string of the molecule is NN(C=O)c1c[c]ccc1. The van der Waals surface area contributed by atoms with Crippen LogP contribution in [0.3, 0.4) is 0 Å². The van der Waals surface area contributed by atoms with E-state index in [1.54, 1.807) is 24.3 Å². The van der Waals surface area contributed by atoms with E-state index in [0.717, 1.165) is 5.01 Å². The van der Waals surface area contributed by atoms with E-state index in [2.05, 4.69) is 6.07 Å². The van der Waals surface area contributed by atoms with Crippen LogP contribution >= 0.6 is 0 Å². The first-order valence-electron chi connectivity index (χ1n) is 2.80. The van der Waals surface area contributed by atoms with Gasteiger partial charge in [-0.25, -0.2) is 5.84 Å². The molecule has 3 heteroatoms. The molecule has 0 atom stereocenters. The molecular formula is C7H7N2O. The van der Waals surface area contributed by atoms with Gasteiger partial charge in [0.1, 0.15) is 0 Å². The minimum Gasteiger partial charge on any atom is -0.277 e. The molecule has 51 valence electrons. The lowest BCUT2D eigenvalue weighted by molar-refractivity contribution is -0.107. The lowest BCUT2D eigenvalue weighted by atomic mass is 10.3. The Kier molecular flexibility index (Phi) is 2.02. The number of rotatable bonds is 2. The van der Waals surface area contributed by atoms with Crippen LogP contribution < -0.4 is 10.9 Å². The van der Waals surface area contributed by atoms with Gasteiger partial charge < -0.3 is 0 Å². The quantitative estimate of drug-likeness (QED) is 0.275. The van der Waals surface area contributed by atoms with Crippen LogP contribution in [0.4, 0.5) is 5.69 Å². The van der Waals surface area contributed by atoms with Crippen molar-refractivity contribution in [1.29, 1.82) is 0 Å². The molecule has 0 saturated carbocycles. The van der Waals surface area contributed by atoms with Crippen molar-refractivity contribution in [2.45, 2.75) is 0 Å². The number of carbonyl (C=O) groups excluding carboxylic acids is 1. The van der Waals surface area contributed by atoms with Gasteiger partial charge in [-0.3, -0.25) is 9.80 Å². The van der Waals surface area contributed by atoms with E-state index < -0.39 is 0 Å². The van der Waals surface area contributed by atoms with Crippen LogP contribution in [0.15, 0.2) is 24.3 Å². The van der Waals surface area contributed by atoms with E-state index in [0.29, 0.717) is 12.1 Å². The van der Waals surface area contributed by atoms with Gasteiger partial charge in [-0.15, -0.1) is 0 Å². The summed E-state index contributed by atoms with van der Waals surface area (Å²) in [6.45, 7) is 0. The van der Waals surface area contributed by atoms with Crippen molar-refractivity contribution < 1.29 is 4.79 Å². The van der Waals surface area contributed by atoms with Gasteiger partial charge in [0, 0.05) is 0 Å². The molecule has 0 aromatic heterocycles. The number of anilines is 1. The smallest absolute Gasteiger partial charge is 0.228 e. The van der Waals surface area contributed by atoms with Gasteiger partial charge >= 0.3 is 0 Å². The number of benzene rings is 1. The Bertz CT molecular complexity index is 210. The number of nitrogens with zero attached hydrogens (tertiary/aromatic N) is 1. The molecule has 0 fully saturated rings. The topological polar surface area (TPSA) is 46.3 Å². The van der Waals surface area contributed by atoms with Gasteiger partial charge in [0.15, 0.2) is 0 Å². The second kappa shape index (κ2) is 2.98. The summed E-state index contributed by atoms with van der Waals surface area (Å²) in [5.41, 5.74) is 0.637. The Balaban J connectivity index is 2.84. The van der Waals surface area contributed by atoms with E-state index in [-0.39, 0.29) is 0 Å². The molecule has 0 aliphatic carbocycles. The number of carbonyl (C=O) groups is 1. The zero-order valence-corrected chi connectivity index (χ0v) is 5.32. The fourth-order valence-corrected chi connectivity index (χ4v) is 0.605. The first kappa shape index (κ1) is 6.77. The highest BCUT2D eigenvalue weighted by Gasteiger charge is 1.94. The van der Waals surface area contributed by atoms with E-state index in [4.69, 9.17) is 5.84 Å². The summed E-state index contributed by atoms with van der Waals surface area (Å²) < 4.78 is 0. The first-order chi connectivity index (χ1) is 4.84. The number of amides is 1. The van der Waals surface area contributed by atoms with Crippen LogP contribution in [0.2, 0.25) is 0 Å². The fourth-order valence-electron chi connectivity index (χ4n) is 0.605. The molecule has 1 aromatic carbocycles. The predicted molar refractivity (Wildman–Crippen MR) is 38.0 cm³/mol. The average Bonchev–Trinajstić information content (AvgIpc) is 2.05. The fraction of sp³-hybridized carbons (Fsp3) is 0. The number of nitrogens with two attached hydrogens (primary N) is 1. The third-order valence-corrected chi connectivity index (χ3v) is 1.10. The molecule has 10 heavy (non-hydrogen) atoms. The molecule has 1 amide bonds. The van der Waals surface area contributed by atoms with E-state index in [1.165, 1.54) is 0 Å². The Hall–Kier alpha value is -1.35. The normalized spacial score (nSPS) is 8.90. The summed E-state index contributed by atoms with van der Waals surface area (Å²) in [6.07, 6.45) is 0.545. The van der Waals surface area contributed by atoms with Gasteiger partial charge in [-0.1, -0.05) is 12.1 Å². The van der Waals surface area contributed by atoms with Crippen LogP contribution in [-0.2, 0) is 4.79 Å². The van der Waals surface area contributed by atoms with Crippen molar-refractivity contribution in [2.75, 3.05) is 5.01 Å². The molecule has 1 aromatic rings. The minimum atomic E-state index is 0.545. The molecule has 1 radical (unpaired) electrons. The van der Waals surface area contributed by atoms with E-state index in [1.807, 2.05) is 0 Å². The number of hydrogen-bond acceptors (Lipinski definition) is 2. The molecule has 0 aliphatic rings. The van der Waals surface area contributed by atoms with Crippen molar-refractivity contribution in [3.05, 3.63) is 30.3 Å². The molecule has 0 unspecified atom stereocenters. The summed E-state index contributed by atoms with van der Waals surface area (Å²) in [6, 6.07) is 9.66. The summed E-state index contributed by atoms with van der Waals surface area (Å²) in [5.74, 6) is 5.24. The molecule has 0 bridgehead atoms. The number of hydrogen-bond donors (Lipinski definition) is 1. The summed E-state index contributed by atoms with van der Waals surface area (Å²) in [4.78, 5) is 10.1. The van der Waals surface area contributed by atoms with Crippen molar-refractivity contribution >= 4 is 12.1 Å². The van der Waals surface area contributed by atoms with Crippen LogP contribution in [0.5, 0.6) is 0 Å². The zero-order valence-electron chi connectivity index (χ0n) is 5.32. The molecule has 2 N–H and O–H groups in total. The molecule has 1 rings (SSSR count). The van der Waals surface area contributed by atoms with Gasteiger partial charge in [-0.05, 0) is 18.2 Å². The van der Waals surface area contributed by atoms with Crippen LogP contribution in [0.25, 0.3) is 0 Å². The minimum absolute atomic E-state index is 0.545. The predicted octanol–water partition coefficient (Wildman–Crippen LogP) is 0.323. The molecule has 0 saturated heterocycles. The zero-order chi connectivity index (χ0) is 7.40. The second-order valence-electron chi connectivity index (χ2n) is 1.77. The lowest BCUT2D eigenvalue weighted by Crippen LogP contribution is -2.28. The highest BCUT2D eigenvalue weighted by molar-refractivity contribution is 5.72. The average molecular weight is 135 g/mol. The van der Waals surface area contributed by atoms with Crippen molar-refractivity contribution in [1.82, 2.24) is 0 Å². The Morgan fingerprint density at radius 3 is 3.00 bits per heavy atom. The summed E-state index contributed by atoms with van der Waals surface area (Å²) in [7, 11) is 0. The molecule has 3 nitrogen and oxygen atoms in total. The molecule has 0 heterocycles. The van der Waals surface area contributed by atoms with Crippen molar-refractivity contribution in [2.24, 2.45) is 5.84 Å². The van der Waals surface area contributed by atoms with Crippen molar-refractivity contribution in [3.63, 3.8) is 0 Å². The molecule has 0 aliphatic heterocycles. The van der Waals surface area contributed by atoms with Crippen molar-refractivity contribution in [3.8, 4) is 0 Å². The standard InChI is InChI=1S/C7H7N2O/c8-9(6-10)7-4-2-1-3-5-7/h1-2,4-6H,8H2. The summed E-state index contributed by atoms with van der Waals surface area (Å²) >= 11 is 0. The maximum absolute atomic E-state index is 10.1. The maximum atomic E-state index is 10.1. The van der Waals surface area contributed by atoms with Gasteiger partial charge in [0.05, 0.1) is 5.69 Å². The lowest BCUT2D eigenvalue weighted by Gasteiger charge is -2.07. The molecular weight excluding hydrogens is 128 g/mol. The Morgan fingerprint density at radius 1 is 1.70 bits per heavy atom. The monoisotopic (exact) mass is 135 g/mol. The Labute approximate surface area is 59.0 Å². The van der Waals surface area contributed by atoms with Gasteiger partial charge in [0.25, 0.3) is 0 Å². The number of hydrazine groups is 1. The summed E-state index contributed by atoms with van der Waals surface area (Å²) in [5, 5.41) is 0.997. The van der Waals surface area contributed by atoms with E-state index in [9.17, 15) is 4.79 Å². The third kappa shape index (κ3) is 1.33. The van der Waals surface area contributed by atoms with Gasteiger partial charge in [-0.2, -0.15) is 0 Å². The second-order valence-corrected chi connectivity index (χ2v) is 1.77. The third-order valence-electron chi connectivity index (χ3n) is 1.10. The highest BCUT2D eigenvalue weighted by Crippen LogP contribution is 2.05. The first-order valence-corrected chi connectivity index (χ1v) is 2.80. The largest absolute Gasteiger partial charge is 0.277 e. The Morgan fingerprint density at radius 2 is 2.50 bits per heavy atom. The molecule has 0 spiro atoms. The van der Waals surface area contributed by atoms with E-state index >= 15 is 0 Å². The maximum Gasteiger partial charge on any atom is 0.228 e. The van der Waals surface area contributed by atoms with Gasteiger partial charge in [0.2, 0.25) is 6.41 Å². The highest BCUT2D eigenvalue weighted by atomic mass is 16.1. The van der Waals surface area contributed by atoms with Crippen LogP contribution in [0.1, 0.15) is 0 Å². The van der Waals surface area contributed by atoms with Crippen LogP contribution in [-0.4, -0.2) is 6.41 Å². The van der Waals surface area contributed by atoms with Crippen LogP contribution in [0, 0.1) is 6.07 Å².